The van der Waals surface area contributed by atoms with Crippen LogP contribution in [0.2, 0.25) is 0 Å². The molecule has 9 heavy (non-hydrogen) atoms. The van der Waals surface area contributed by atoms with Crippen LogP contribution in [-0.4, -0.2) is 13.1 Å². The van der Waals surface area contributed by atoms with Crippen molar-refractivity contribution in [2.45, 2.75) is 12.8 Å². The molecule has 3 heteroatoms. The van der Waals surface area contributed by atoms with Gasteiger partial charge in [0, 0.05) is 5.70 Å². The summed E-state index contributed by atoms with van der Waals surface area (Å²) in [6.07, 6.45) is 0.832. The number of hydrogen-bond donors (Lipinski definition) is 1. The number of allylic oxidation sites excluding steroid dienone is 1. The Kier molecular flexibility index (Phi) is 3.51. The highest BCUT2D eigenvalue weighted by Gasteiger charge is 1.97. The Morgan fingerprint density at radius 3 is 2.56 bits per heavy atom. The molecule has 0 aliphatic heterocycles. The molecular weight excluding hydrogens is 118 g/mol. The topological polar surface area (TPSA) is 52.3 Å². The van der Waals surface area contributed by atoms with Crippen LogP contribution in [0.3, 0.4) is 0 Å². The summed E-state index contributed by atoms with van der Waals surface area (Å²) in [5.74, 6) is -0.249. The van der Waals surface area contributed by atoms with Crippen LogP contribution in [0.5, 0.6) is 0 Å². The van der Waals surface area contributed by atoms with E-state index in [2.05, 4.69) is 11.3 Å². The van der Waals surface area contributed by atoms with Crippen LogP contribution in [0.1, 0.15) is 12.8 Å². The Labute approximate surface area is 54.5 Å². The Balaban J connectivity index is 3.28. The van der Waals surface area contributed by atoms with Crippen molar-refractivity contribution in [1.29, 1.82) is 0 Å². The Bertz CT molecular complexity index is 120. The fraction of sp³-hybridized carbons (Fsp3) is 0.500. The molecule has 0 aromatic rings. The second-order valence-corrected chi connectivity index (χ2v) is 1.73. The van der Waals surface area contributed by atoms with E-state index in [9.17, 15) is 4.79 Å². The number of rotatable bonds is 3. The van der Waals surface area contributed by atoms with Gasteiger partial charge in [0.25, 0.3) is 0 Å². The molecule has 0 saturated heterocycles. The summed E-state index contributed by atoms with van der Waals surface area (Å²) < 4.78 is 4.36. The average Bonchev–Trinajstić information content (AvgIpc) is 1.83. The van der Waals surface area contributed by atoms with Crippen LogP contribution in [0.4, 0.5) is 0 Å². The SMILES string of the molecule is C=C(N)CCC(=O)OC. The van der Waals surface area contributed by atoms with Crippen molar-refractivity contribution in [1.82, 2.24) is 0 Å². The van der Waals surface area contributed by atoms with Crippen molar-refractivity contribution in [3.63, 3.8) is 0 Å². The number of hydrogen-bond acceptors (Lipinski definition) is 3. The molecule has 2 N–H and O–H groups in total. The van der Waals surface area contributed by atoms with Gasteiger partial charge >= 0.3 is 5.97 Å². The van der Waals surface area contributed by atoms with Gasteiger partial charge in [0.15, 0.2) is 0 Å². The lowest BCUT2D eigenvalue weighted by atomic mass is 10.3. The first-order valence-corrected chi connectivity index (χ1v) is 2.67. The summed E-state index contributed by atoms with van der Waals surface area (Å²) >= 11 is 0. The molecule has 0 saturated carbocycles. The van der Waals surface area contributed by atoms with Crippen molar-refractivity contribution < 1.29 is 9.53 Å². The highest BCUT2D eigenvalue weighted by molar-refractivity contribution is 5.69. The molecule has 0 spiro atoms. The fourth-order valence-electron chi connectivity index (χ4n) is 0.365. The summed E-state index contributed by atoms with van der Waals surface area (Å²) in [6, 6.07) is 0. The van der Waals surface area contributed by atoms with Crippen molar-refractivity contribution >= 4 is 5.97 Å². The van der Waals surface area contributed by atoms with E-state index in [0.29, 0.717) is 18.5 Å². The number of methoxy groups -OCH3 is 1. The second kappa shape index (κ2) is 3.95. The molecule has 0 amide bonds. The molecule has 0 fully saturated rings. The van der Waals surface area contributed by atoms with Crippen LogP contribution < -0.4 is 5.73 Å². The van der Waals surface area contributed by atoms with Gasteiger partial charge in [-0.2, -0.15) is 0 Å². The van der Waals surface area contributed by atoms with Gasteiger partial charge in [0.2, 0.25) is 0 Å². The molecule has 0 aromatic carbocycles. The summed E-state index contributed by atoms with van der Waals surface area (Å²) in [7, 11) is 1.35. The molecule has 0 aliphatic carbocycles. The van der Waals surface area contributed by atoms with E-state index >= 15 is 0 Å². The van der Waals surface area contributed by atoms with Gasteiger partial charge in [0.1, 0.15) is 0 Å². The van der Waals surface area contributed by atoms with Gasteiger partial charge in [-0.05, 0) is 6.42 Å². The highest BCUT2D eigenvalue weighted by atomic mass is 16.5. The number of ether oxygens (including phenoxy) is 1. The van der Waals surface area contributed by atoms with Crippen LogP contribution in [-0.2, 0) is 9.53 Å². The van der Waals surface area contributed by atoms with Gasteiger partial charge < -0.3 is 10.5 Å². The first kappa shape index (κ1) is 8.01. The Morgan fingerprint density at radius 2 is 2.22 bits per heavy atom. The van der Waals surface area contributed by atoms with E-state index in [-0.39, 0.29) is 5.97 Å². The fourth-order valence-corrected chi connectivity index (χ4v) is 0.365. The van der Waals surface area contributed by atoms with Crippen molar-refractivity contribution in [2.75, 3.05) is 7.11 Å². The third-order valence-electron chi connectivity index (χ3n) is 0.878. The summed E-state index contributed by atoms with van der Waals surface area (Å²) in [6.45, 7) is 3.43. The van der Waals surface area contributed by atoms with Crippen LogP contribution >= 0.6 is 0 Å². The zero-order chi connectivity index (χ0) is 7.28. The lowest BCUT2D eigenvalue weighted by molar-refractivity contribution is -0.140. The average molecular weight is 129 g/mol. The van der Waals surface area contributed by atoms with E-state index in [1.54, 1.807) is 0 Å². The van der Waals surface area contributed by atoms with Gasteiger partial charge in [-0.3, -0.25) is 4.79 Å². The molecule has 3 nitrogen and oxygen atoms in total. The monoisotopic (exact) mass is 129 g/mol. The summed E-state index contributed by atoms with van der Waals surface area (Å²) in [5, 5.41) is 0. The number of carbonyl (C=O) groups is 1. The molecule has 0 aliphatic rings. The van der Waals surface area contributed by atoms with Crippen molar-refractivity contribution in [2.24, 2.45) is 5.73 Å². The minimum Gasteiger partial charge on any atom is -0.469 e. The first-order valence-electron chi connectivity index (χ1n) is 2.67. The van der Waals surface area contributed by atoms with Gasteiger partial charge in [0.05, 0.1) is 13.5 Å². The smallest absolute Gasteiger partial charge is 0.305 e. The highest BCUT2D eigenvalue weighted by Crippen LogP contribution is 1.95. The van der Waals surface area contributed by atoms with E-state index in [1.807, 2.05) is 0 Å². The molecule has 0 aromatic heterocycles. The lowest BCUT2D eigenvalue weighted by Gasteiger charge is -1.96. The predicted molar refractivity (Wildman–Crippen MR) is 34.6 cm³/mol. The molecule has 0 heterocycles. The van der Waals surface area contributed by atoms with Gasteiger partial charge in [-0.1, -0.05) is 6.58 Å². The van der Waals surface area contributed by atoms with E-state index in [1.165, 1.54) is 7.11 Å². The Morgan fingerprint density at radius 1 is 1.67 bits per heavy atom. The lowest BCUT2D eigenvalue weighted by Crippen LogP contribution is -2.03. The zero-order valence-corrected chi connectivity index (χ0v) is 5.52. The maximum Gasteiger partial charge on any atom is 0.305 e. The van der Waals surface area contributed by atoms with E-state index in [0.717, 1.165) is 0 Å². The normalized spacial score (nSPS) is 8.56. The van der Waals surface area contributed by atoms with Crippen LogP contribution in [0.25, 0.3) is 0 Å². The molecule has 0 bridgehead atoms. The molecule has 0 atom stereocenters. The third kappa shape index (κ3) is 4.87. The van der Waals surface area contributed by atoms with Crippen LogP contribution in [0, 0.1) is 0 Å². The largest absolute Gasteiger partial charge is 0.469 e. The van der Waals surface area contributed by atoms with Crippen LogP contribution in [0.15, 0.2) is 12.3 Å². The Hall–Kier alpha value is -0.990. The van der Waals surface area contributed by atoms with Crippen molar-refractivity contribution in [3.05, 3.63) is 12.3 Å². The maximum atomic E-state index is 10.4. The third-order valence-corrected chi connectivity index (χ3v) is 0.878. The van der Waals surface area contributed by atoms with Gasteiger partial charge in [-0.25, -0.2) is 0 Å². The second-order valence-electron chi connectivity index (χ2n) is 1.73. The maximum absolute atomic E-state index is 10.4. The molecule has 0 rings (SSSR count). The standard InChI is InChI=1S/C6H11NO2/c1-5(7)3-4-6(8)9-2/h1,3-4,7H2,2H3. The molecular formula is C6H11NO2. The first-order chi connectivity index (χ1) is 4.16. The number of esters is 1. The molecule has 0 unspecified atom stereocenters. The van der Waals surface area contributed by atoms with Crippen molar-refractivity contribution in [3.8, 4) is 0 Å². The minimum absolute atomic E-state index is 0.249. The summed E-state index contributed by atoms with van der Waals surface area (Å²) in [4.78, 5) is 10.4. The van der Waals surface area contributed by atoms with Gasteiger partial charge in [-0.15, -0.1) is 0 Å². The number of carbonyl (C=O) groups excluding carboxylic acids is 1. The quantitative estimate of drug-likeness (QED) is 0.561. The minimum atomic E-state index is -0.249. The summed E-state index contributed by atoms with van der Waals surface area (Å²) in [5.41, 5.74) is 5.71. The van der Waals surface area contributed by atoms with E-state index in [4.69, 9.17) is 5.73 Å². The molecule has 0 radical (unpaired) electrons. The van der Waals surface area contributed by atoms with E-state index < -0.39 is 0 Å². The zero-order valence-electron chi connectivity index (χ0n) is 5.52. The number of nitrogens with two attached hydrogens (primary N) is 1. The predicted octanol–water partition coefficient (Wildman–Crippen LogP) is 0.412. The molecule has 52 valence electrons.